The SMILES string of the molecule is Oc1ccccc1C(=C1C=[NH+]c2ccccc21)c1c[nH]c2ccccc12.[Cl-]. The molecule has 0 fully saturated rings. The average Bonchev–Trinajstić information content (AvgIpc) is 3.29. The molecule has 0 atom stereocenters. The van der Waals surface area contributed by atoms with Crippen LogP contribution in [0.25, 0.3) is 22.0 Å². The van der Waals surface area contributed by atoms with E-state index in [9.17, 15) is 5.11 Å². The van der Waals surface area contributed by atoms with Crippen LogP contribution < -0.4 is 17.4 Å². The smallest absolute Gasteiger partial charge is 0.211 e. The summed E-state index contributed by atoms with van der Waals surface area (Å²) in [6, 6.07) is 24.0. The third kappa shape index (κ3) is 2.73. The van der Waals surface area contributed by atoms with E-state index in [-0.39, 0.29) is 18.2 Å². The minimum Gasteiger partial charge on any atom is -1.00 e. The van der Waals surface area contributed by atoms with Crippen LogP contribution in [0.3, 0.4) is 0 Å². The molecule has 0 unspecified atom stereocenters. The first-order valence-corrected chi connectivity index (χ1v) is 8.61. The third-order valence-electron chi connectivity index (χ3n) is 4.89. The van der Waals surface area contributed by atoms with Crippen LogP contribution in [0.4, 0.5) is 5.69 Å². The van der Waals surface area contributed by atoms with E-state index < -0.39 is 0 Å². The molecule has 5 rings (SSSR count). The number of H-pyrrole nitrogens is 1. The Morgan fingerprint density at radius 1 is 0.815 bits per heavy atom. The summed E-state index contributed by atoms with van der Waals surface area (Å²) in [7, 11) is 0. The first-order chi connectivity index (χ1) is 12.8. The van der Waals surface area contributed by atoms with E-state index in [1.807, 2.05) is 54.9 Å². The van der Waals surface area contributed by atoms with Crippen LogP contribution in [-0.4, -0.2) is 16.3 Å². The standard InChI is InChI=1S/C23H16N2O.ClH/c26-22-12-6-3-9-17(22)23(18-13-24-20-10-4-1-7-15(18)20)19-14-25-21-11-5-2-8-16(19)21;/h1-14,24,26H;1H. The van der Waals surface area contributed by atoms with Gasteiger partial charge in [0.1, 0.15) is 5.75 Å². The Hall–Kier alpha value is -3.30. The monoisotopic (exact) mass is 372 g/mol. The molecule has 0 saturated carbocycles. The van der Waals surface area contributed by atoms with E-state index in [0.717, 1.165) is 44.4 Å². The van der Waals surface area contributed by atoms with Gasteiger partial charge in [0.15, 0.2) is 6.21 Å². The van der Waals surface area contributed by atoms with Gasteiger partial charge in [0.2, 0.25) is 5.69 Å². The lowest BCUT2D eigenvalue weighted by molar-refractivity contribution is -0.342. The van der Waals surface area contributed by atoms with Crippen molar-refractivity contribution in [2.75, 3.05) is 0 Å². The number of aromatic amines is 1. The van der Waals surface area contributed by atoms with Crippen molar-refractivity contribution in [1.29, 1.82) is 0 Å². The van der Waals surface area contributed by atoms with E-state index in [4.69, 9.17) is 0 Å². The van der Waals surface area contributed by atoms with Crippen LogP contribution in [-0.2, 0) is 0 Å². The minimum atomic E-state index is 0. The molecule has 0 amide bonds. The Kier molecular flexibility index (Phi) is 4.30. The van der Waals surface area contributed by atoms with Crippen LogP contribution >= 0.6 is 0 Å². The van der Waals surface area contributed by atoms with Crippen molar-refractivity contribution < 1.29 is 22.5 Å². The molecule has 132 valence electrons. The van der Waals surface area contributed by atoms with Gasteiger partial charge < -0.3 is 22.5 Å². The Morgan fingerprint density at radius 2 is 1.56 bits per heavy atom. The molecule has 1 aliphatic heterocycles. The van der Waals surface area contributed by atoms with E-state index >= 15 is 0 Å². The second-order valence-electron chi connectivity index (χ2n) is 6.39. The molecule has 1 aliphatic rings. The lowest BCUT2D eigenvalue weighted by Crippen LogP contribution is -3.00. The zero-order valence-electron chi connectivity index (χ0n) is 14.4. The predicted molar refractivity (Wildman–Crippen MR) is 105 cm³/mol. The van der Waals surface area contributed by atoms with Gasteiger partial charge in [-0.25, -0.2) is 4.99 Å². The van der Waals surface area contributed by atoms with Crippen molar-refractivity contribution in [3.63, 3.8) is 0 Å². The normalized spacial score (nSPS) is 14.1. The highest BCUT2D eigenvalue weighted by Gasteiger charge is 2.25. The number of hydrogen-bond acceptors (Lipinski definition) is 1. The van der Waals surface area contributed by atoms with Crippen molar-refractivity contribution in [3.05, 3.63) is 95.7 Å². The second kappa shape index (κ2) is 6.78. The maximum Gasteiger partial charge on any atom is 0.211 e. The third-order valence-corrected chi connectivity index (χ3v) is 4.89. The maximum absolute atomic E-state index is 10.6. The molecular formula is C23H17ClN2O. The van der Waals surface area contributed by atoms with Crippen molar-refractivity contribution in [3.8, 4) is 5.75 Å². The van der Waals surface area contributed by atoms with Gasteiger partial charge in [0, 0.05) is 39.9 Å². The molecule has 3 aromatic carbocycles. The number of rotatable bonds is 2. The van der Waals surface area contributed by atoms with E-state index in [0.29, 0.717) is 0 Å². The molecule has 4 aromatic rings. The molecule has 3 N–H and O–H groups in total. The van der Waals surface area contributed by atoms with Crippen molar-refractivity contribution in [2.24, 2.45) is 0 Å². The molecule has 3 nitrogen and oxygen atoms in total. The van der Waals surface area contributed by atoms with Gasteiger partial charge in [-0.15, -0.1) is 0 Å². The highest BCUT2D eigenvalue weighted by molar-refractivity contribution is 6.25. The quantitative estimate of drug-likeness (QED) is 0.475. The van der Waals surface area contributed by atoms with E-state index in [2.05, 4.69) is 34.2 Å². The molecule has 0 spiro atoms. The van der Waals surface area contributed by atoms with Crippen molar-refractivity contribution in [1.82, 2.24) is 4.98 Å². The molecule has 1 aromatic heterocycles. The van der Waals surface area contributed by atoms with E-state index in [1.165, 1.54) is 0 Å². The minimum absolute atomic E-state index is 0. The first-order valence-electron chi connectivity index (χ1n) is 8.61. The van der Waals surface area contributed by atoms with Gasteiger partial charge in [-0.1, -0.05) is 48.5 Å². The lowest BCUT2D eigenvalue weighted by Gasteiger charge is -2.12. The fourth-order valence-corrected chi connectivity index (χ4v) is 3.68. The Labute approximate surface area is 163 Å². The van der Waals surface area contributed by atoms with Crippen LogP contribution in [0.2, 0.25) is 0 Å². The summed E-state index contributed by atoms with van der Waals surface area (Å²) in [5.41, 5.74) is 7.28. The zero-order chi connectivity index (χ0) is 17.5. The van der Waals surface area contributed by atoms with Crippen LogP contribution in [0.5, 0.6) is 5.75 Å². The summed E-state index contributed by atoms with van der Waals surface area (Å²) in [5, 5.41) is 11.7. The molecule has 0 saturated heterocycles. The summed E-state index contributed by atoms with van der Waals surface area (Å²) in [5.74, 6) is 0.276. The summed E-state index contributed by atoms with van der Waals surface area (Å²) in [6.07, 6.45) is 4.04. The summed E-state index contributed by atoms with van der Waals surface area (Å²) >= 11 is 0. The number of aromatic hydroxyl groups is 1. The van der Waals surface area contributed by atoms with Crippen LogP contribution in [0.1, 0.15) is 16.7 Å². The zero-order valence-corrected chi connectivity index (χ0v) is 15.2. The number of allylic oxidation sites excluding steroid dienone is 1. The number of para-hydroxylation sites is 3. The number of fused-ring (bicyclic) bond motifs is 2. The van der Waals surface area contributed by atoms with Gasteiger partial charge in [0.25, 0.3) is 0 Å². The average molecular weight is 373 g/mol. The molecule has 0 radical (unpaired) electrons. The molecule has 27 heavy (non-hydrogen) atoms. The number of aromatic nitrogens is 1. The predicted octanol–water partition coefficient (Wildman–Crippen LogP) is 0.633. The molecule has 0 aliphatic carbocycles. The fraction of sp³-hybridized carbons (Fsp3) is 0. The number of phenols is 1. The molecule has 0 bridgehead atoms. The second-order valence-corrected chi connectivity index (χ2v) is 6.39. The number of benzene rings is 3. The first kappa shape index (κ1) is 17.1. The maximum atomic E-state index is 10.6. The van der Waals surface area contributed by atoms with Gasteiger partial charge >= 0.3 is 0 Å². The Bertz CT molecular complexity index is 1200. The largest absolute Gasteiger partial charge is 1.00 e. The van der Waals surface area contributed by atoms with Gasteiger partial charge in [-0.3, -0.25) is 0 Å². The van der Waals surface area contributed by atoms with Gasteiger partial charge in [-0.05, 0) is 18.2 Å². The summed E-state index contributed by atoms with van der Waals surface area (Å²) in [4.78, 5) is 6.71. The number of nitrogens with one attached hydrogen (secondary N) is 2. The van der Waals surface area contributed by atoms with E-state index in [1.54, 1.807) is 6.07 Å². The van der Waals surface area contributed by atoms with Gasteiger partial charge in [0.05, 0.1) is 11.1 Å². The highest BCUT2D eigenvalue weighted by atomic mass is 35.5. The fourth-order valence-electron chi connectivity index (χ4n) is 3.68. The Morgan fingerprint density at radius 3 is 2.44 bits per heavy atom. The highest BCUT2D eigenvalue weighted by Crippen LogP contribution is 2.40. The van der Waals surface area contributed by atoms with Crippen molar-refractivity contribution in [2.45, 2.75) is 0 Å². The number of halogens is 1. The summed E-state index contributed by atoms with van der Waals surface area (Å²) < 4.78 is 0. The van der Waals surface area contributed by atoms with Crippen molar-refractivity contribution >= 4 is 34.0 Å². The number of phenolic OH excluding ortho intramolecular Hbond substituents is 1. The van der Waals surface area contributed by atoms with Crippen LogP contribution in [0, 0.1) is 0 Å². The van der Waals surface area contributed by atoms with Gasteiger partial charge in [-0.2, -0.15) is 0 Å². The Balaban J connectivity index is 0.00000180. The number of hydrogen-bond donors (Lipinski definition) is 3. The summed E-state index contributed by atoms with van der Waals surface area (Å²) in [6.45, 7) is 0. The molecule has 4 heteroatoms. The molecule has 2 heterocycles. The van der Waals surface area contributed by atoms with Crippen LogP contribution in [0.15, 0.2) is 79.0 Å². The molecular weight excluding hydrogens is 356 g/mol. The topological polar surface area (TPSA) is 50.0 Å². The lowest BCUT2D eigenvalue weighted by atomic mass is 9.89.